The molecule has 4 rings (SSSR count). The summed E-state index contributed by atoms with van der Waals surface area (Å²) in [6.45, 7) is 0.355. The highest BCUT2D eigenvalue weighted by Crippen LogP contribution is 2.48. The van der Waals surface area contributed by atoms with Gasteiger partial charge in [-0.15, -0.1) is 0 Å². The summed E-state index contributed by atoms with van der Waals surface area (Å²) < 4.78 is 29.3. The van der Waals surface area contributed by atoms with Crippen molar-refractivity contribution < 1.29 is 13.3 Å². The Balaban J connectivity index is 1.76. The van der Waals surface area contributed by atoms with Crippen LogP contribution in [0.25, 0.3) is 0 Å². The minimum atomic E-state index is -3.98. The summed E-state index contributed by atoms with van der Waals surface area (Å²) in [5, 5.41) is 11.3. The number of non-ortho nitro benzene ring substituents is 1. The maximum absolute atomic E-state index is 13.9. The molecule has 2 atom stereocenters. The number of nitro benzene ring substituents is 1. The standard InChI is InChI=1S/C25H25BrN2O4S/c26-24(16-15-20-9-3-1-4-10-20)25(21-11-5-2-6-12-21)17-8-18-27(25)33(31,32)23-14-7-13-22(19-23)28(29)30/h1-7,9-14,19,24H,8,15-18H2/t24-,25-/m0/s1. The lowest BCUT2D eigenvalue weighted by Crippen LogP contribution is -2.50. The van der Waals surface area contributed by atoms with Gasteiger partial charge in [0.05, 0.1) is 15.4 Å². The molecule has 8 heteroatoms. The maximum Gasteiger partial charge on any atom is 0.270 e. The molecule has 0 N–H and O–H groups in total. The molecule has 172 valence electrons. The van der Waals surface area contributed by atoms with Crippen molar-refractivity contribution in [2.75, 3.05) is 6.54 Å². The number of aryl methyl sites for hydroxylation is 1. The molecule has 0 aromatic heterocycles. The Morgan fingerprint density at radius 1 is 1.00 bits per heavy atom. The average Bonchev–Trinajstić information content (AvgIpc) is 3.31. The number of alkyl halides is 1. The van der Waals surface area contributed by atoms with Gasteiger partial charge < -0.3 is 0 Å². The van der Waals surface area contributed by atoms with Crippen LogP contribution in [0.4, 0.5) is 5.69 Å². The number of hydrogen-bond donors (Lipinski definition) is 0. The van der Waals surface area contributed by atoms with Crippen molar-refractivity contribution in [3.8, 4) is 0 Å². The van der Waals surface area contributed by atoms with Crippen LogP contribution in [0.5, 0.6) is 0 Å². The molecular weight excluding hydrogens is 504 g/mol. The number of nitrogens with zero attached hydrogens (tertiary/aromatic N) is 2. The van der Waals surface area contributed by atoms with Crippen LogP contribution in [0.2, 0.25) is 0 Å². The third kappa shape index (κ3) is 4.60. The molecule has 0 unspecified atom stereocenters. The van der Waals surface area contributed by atoms with Gasteiger partial charge in [0, 0.05) is 23.5 Å². The summed E-state index contributed by atoms with van der Waals surface area (Å²) in [7, 11) is -3.98. The first kappa shape index (κ1) is 23.6. The van der Waals surface area contributed by atoms with Crippen molar-refractivity contribution in [1.29, 1.82) is 0 Å². The molecule has 0 spiro atoms. The number of nitro groups is 1. The monoisotopic (exact) mass is 528 g/mol. The lowest BCUT2D eigenvalue weighted by Gasteiger charge is -2.42. The first-order valence-corrected chi connectivity index (χ1v) is 13.2. The Kier molecular flexibility index (Phi) is 6.97. The van der Waals surface area contributed by atoms with Crippen molar-refractivity contribution in [1.82, 2.24) is 4.31 Å². The van der Waals surface area contributed by atoms with Crippen LogP contribution >= 0.6 is 15.9 Å². The van der Waals surface area contributed by atoms with Gasteiger partial charge in [0.2, 0.25) is 10.0 Å². The average molecular weight is 529 g/mol. The van der Waals surface area contributed by atoms with Gasteiger partial charge in [-0.3, -0.25) is 10.1 Å². The van der Waals surface area contributed by atoms with Gasteiger partial charge in [-0.1, -0.05) is 82.7 Å². The summed E-state index contributed by atoms with van der Waals surface area (Å²) in [6.07, 6.45) is 2.91. The van der Waals surface area contributed by atoms with Crippen LogP contribution in [0.1, 0.15) is 30.4 Å². The Morgan fingerprint density at radius 3 is 2.33 bits per heavy atom. The molecule has 0 bridgehead atoms. The molecule has 0 saturated carbocycles. The highest BCUT2D eigenvalue weighted by molar-refractivity contribution is 9.09. The zero-order chi connectivity index (χ0) is 23.5. The van der Waals surface area contributed by atoms with Crippen LogP contribution < -0.4 is 0 Å². The van der Waals surface area contributed by atoms with Crippen LogP contribution in [-0.2, 0) is 22.0 Å². The van der Waals surface area contributed by atoms with E-state index in [0.29, 0.717) is 19.4 Å². The van der Waals surface area contributed by atoms with Crippen molar-refractivity contribution in [3.05, 3.63) is 106 Å². The van der Waals surface area contributed by atoms with Gasteiger partial charge in [-0.25, -0.2) is 8.42 Å². The molecule has 3 aromatic rings. The maximum atomic E-state index is 13.9. The van der Waals surface area contributed by atoms with E-state index in [0.717, 1.165) is 24.5 Å². The van der Waals surface area contributed by atoms with Crippen LogP contribution in [0.3, 0.4) is 0 Å². The lowest BCUT2D eigenvalue weighted by molar-refractivity contribution is -0.385. The normalized spacial score (nSPS) is 19.9. The van der Waals surface area contributed by atoms with Crippen LogP contribution in [0.15, 0.2) is 89.8 Å². The van der Waals surface area contributed by atoms with Gasteiger partial charge in [-0.05, 0) is 42.9 Å². The molecule has 3 aromatic carbocycles. The smallest absolute Gasteiger partial charge is 0.258 e. The van der Waals surface area contributed by atoms with Crippen molar-refractivity contribution >= 4 is 31.6 Å². The van der Waals surface area contributed by atoms with E-state index in [4.69, 9.17) is 0 Å². The van der Waals surface area contributed by atoms with Crippen LogP contribution in [-0.4, -0.2) is 29.0 Å². The fourth-order valence-corrected chi connectivity index (χ4v) is 7.72. The Hall–Kier alpha value is -2.55. The molecule has 0 radical (unpaired) electrons. The van der Waals surface area contributed by atoms with E-state index in [9.17, 15) is 18.5 Å². The molecule has 1 aliphatic heterocycles. The fourth-order valence-electron chi connectivity index (χ4n) is 4.72. The number of halogens is 1. The first-order valence-electron chi connectivity index (χ1n) is 10.9. The van der Waals surface area contributed by atoms with E-state index in [-0.39, 0.29) is 15.4 Å². The van der Waals surface area contributed by atoms with Crippen molar-refractivity contribution in [2.24, 2.45) is 0 Å². The largest absolute Gasteiger partial charge is 0.270 e. The number of rotatable bonds is 8. The second-order valence-electron chi connectivity index (χ2n) is 8.22. The first-order chi connectivity index (χ1) is 15.9. The highest BCUT2D eigenvalue weighted by atomic mass is 79.9. The topological polar surface area (TPSA) is 80.5 Å². The third-order valence-corrected chi connectivity index (χ3v) is 9.46. The predicted molar refractivity (Wildman–Crippen MR) is 132 cm³/mol. The zero-order valence-corrected chi connectivity index (χ0v) is 20.4. The number of hydrogen-bond acceptors (Lipinski definition) is 4. The summed E-state index contributed by atoms with van der Waals surface area (Å²) in [5.41, 5.74) is 1.09. The fraction of sp³-hybridized carbons (Fsp3) is 0.280. The van der Waals surface area contributed by atoms with E-state index >= 15 is 0 Å². The minimum Gasteiger partial charge on any atom is -0.258 e. The van der Waals surface area contributed by atoms with Crippen molar-refractivity contribution in [3.63, 3.8) is 0 Å². The van der Waals surface area contributed by atoms with E-state index in [1.54, 1.807) is 4.31 Å². The lowest BCUT2D eigenvalue weighted by atomic mass is 9.83. The van der Waals surface area contributed by atoms with Gasteiger partial charge in [0.1, 0.15) is 0 Å². The van der Waals surface area contributed by atoms with E-state index < -0.39 is 20.5 Å². The van der Waals surface area contributed by atoms with Gasteiger partial charge >= 0.3 is 0 Å². The molecular formula is C25H25BrN2O4S. The molecule has 1 fully saturated rings. The summed E-state index contributed by atoms with van der Waals surface area (Å²) in [6, 6.07) is 25.1. The minimum absolute atomic E-state index is 0.0540. The molecule has 1 heterocycles. The van der Waals surface area contributed by atoms with Gasteiger partial charge in [0.25, 0.3) is 5.69 Å². The molecule has 33 heavy (non-hydrogen) atoms. The number of benzene rings is 3. The van der Waals surface area contributed by atoms with Crippen molar-refractivity contribution in [2.45, 2.75) is 40.9 Å². The van der Waals surface area contributed by atoms with Crippen LogP contribution in [0, 0.1) is 10.1 Å². The Bertz CT molecular complexity index is 1220. The third-order valence-electron chi connectivity index (χ3n) is 6.30. The van der Waals surface area contributed by atoms with E-state index in [1.807, 2.05) is 48.5 Å². The van der Waals surface area contributed by atoms with E-state index in [1.165, 1.54) is 23.8 Å². The number of sulfonamides is 1. The predicted octanol–water partition coefficient (Wildman–Crippen LogP) is 5.67. The highest BCUT2D eigenvalue weighted by Gasteiger charge is 2.52. The van der Waals surface area contributed by atoms with Gasteiger partial charge in [0.15, 0.2) is 0 Å². The zero-order valence-electron chi connectivity index (χ0n) is 18.0. The Morgan fingerprint density at radius 2 is 1.67 bits per heavy atom. The second kappa shape index (κ2) is 9.75. The SMILES string of the molecule is O=[N+]([O-])c1cccc(S(=O)(=O)N2CCC[C@]2(c2ccccc2)[C@@H](Br)CCc2ccccc2)c1. The quantitative estimate of drug-likeness (QED) is 0.214. The second-order valence-corrected chi connectivity index (χ2v) is 11.2. The molecule has 0 aliphatic carbocycles. The summed E-state index contributed by atoms with van der Waals surface area (Å²) in [4.78, 5) is 10.5. The Labute approximate surface area is 202 Å². The summed E-state index contributed by atoms with van der Waals surface area (Å²) >= 11 is 3.88. The van der Waals surface area contributed by atoms with Gasteiger partial charge in [-0.2, -0.15) is 4.31 Å². The molecule has 1 aliphatic rings. The molecule has 6 nitrogen and oxygen atoms in total. The van der Waals surface area contributed by atoms with E-state index in [2.05, 4.69) is 28.1 Å². The summed E-state index contributed by atoms with van der Waals surface area (Å²) in [5.74, 6) is 0. The molecule has 0 amide bonds. The molecule has 1 saturated heterocycles.